The minimum Gasteiger partial charge on any atom is -0.338 e. The number of amides is 4. The van der Waals surface area contributed by atoms with E-state index in [-0.39, 0.29) is 12.1 Å². The van der Waals surface area contributed by atoms with Crippen LogP contribution in [0.3, 0.4) is 0 Å². The van der Waals surface area contributed by atoms with Gasteiger partial charge in [0, 0.05) is 13.1 Å². The molecule has 0 radical (unpaired) electrons. The van der Waals surface area contributed by atoms with Crippen LogP contribution in [-0.4, -0.2) is 25.2 Å². The van der Waals surface area contributed by atoms with E-state index in [1.165, 1.54) is 0 Å². The lowest BCUT2D eigenvalue weighted by atomic mass is 10.2. The van der Waals surface area contributed by atoms with E-state index in [1.54, 1.807) is 12.1 Å². The van der Waals surface area contributed by atoms with Crippen LogP contribution in [-0.2, 0) is 0 Å². The van der Waals surface area contributed by atoms with Crippen molar-refractivity contribution in [2.45, 2.75) is 39.5 Å². The Morgan fingerprint density at radius 1 is 0.818 bits per heavy atom. The van der Waals surface area contributed by atoms with Gasteiger partial charge in [0.05, 0.1) is 11.4 Å². The highest BCUT2D eigenvalue weighted by Crippen LogP contribution is 2.20. The fourth-order valence-corrected chi connectivity index (χ4v) is 1.79. The molecule has 1 aromatic carbocycles. The van der Waals surface area contributed by atoms with E-state index in [2.05, 4.69) is 35.1 Å². The summed E-state index contributed by atoms with van der Waals surface area (Å²) in [6.07, 6.45) is 3.92. The molecule has 0 atom stereocenters. The van der Waals surface area contributed by atoms with Crippen LogP contribution in [0.5, 0.6) is 0 Å². The zero-order chi connectivity index (χ0) is 16.2. The predicted octanol–water partition coefficient (Wildman–Crippen LogP) is 3.53. The molecule has 6 heteroatoms. The van der Waals surface area contributed by atoms with Gasteiger partial charge in [-0.05, 0) is 25.0 Å². The van der Waals surface area contributed by atoms with Crippen molar-refractivity contribution in [3.8, 4) is 0 Å². The Hall–Kier alpha value is -2.24. The lowest BCUT2D eigenvalue weighted by Crippen LogP contribution is -2.31. The molecule has 1 aromatic rings. The fraction of sp³-hybridized carbons (Fsp3) is 0.500. The molecular formula is C16H26N4O2. The van der Waals surface area contributed by atoms with Crippen molar-refractivity contribution in [2.24, 2.45) is 0 Å². The zero-order valence-corrected chi connectivity index (χ0v) is 13.4. The Morgan fingerprint density at radius 3 is 1.59 bits per heavy atom. The number of carbonyl (C=O) groups is 2. The normalized spacial score (nSPS) is 9.91. The molecule has 0 saturated carbocycles. The summed E-state index contributed by atoms with van der Waals surface area (Å²) in [5.41, 5.74) is 1.14. The molecule has 0 unspecified atom stereocenters. The van der Waals surface area contributed by atoms with Gasteiger partial charge in [0.15, 0.2) is 0 Å². The molecule has 0 aliphatic rings. The summed E-state index contributed by atoms with van der Waals surface area (Å²) in [7, 11) is 0. The second-order valence-electron chi connectivity index (χ2n) is 5.01. The van der Waals surface area contributed by atoms with Crippen LogP contribution in [0.4, 0.5) is 21.0 Å². The summed E-state index contributed by atoms with van der Waals surface area (Å²) < 4.78 is 0. The van der Waals surface area contributed by atoms with Crippen molar-refractivity contribution in [3.05, 3.63) is 24.3 Å². The number of unbranched alkanes of at least 4 members (excludes halogenated alkanes) is 2. The van der Waals surface area contributed by atoms with Gasteiger partial charge in [-0.2, -0.15) is 0 Å². The zero-order valence-electron chi connectivity index (χ0n) is 13.4. The van der Waals surface area contributed by atoms with E-state index >= 15 is 0 Å². The predicted molar refractivity (Wildman–Crippen MR) is 90.3 cm³/mol. The van der Waals surface area contributed by atoms with Gasteiger partial charge in [0.2, 0.25) is 0 Å². The molecule has 0 spiro atoms. The van der Waals surface area contributed by atoms with Crippen molar-refractivity contribution >= 4 is 23.4 Å². The molecule has 22 heavy (non-hydrogen) atoms. The summed E-state index contributed by atoms with van der Waals surface area (Å²) in [6, 6.07) is 6.58. The lowest BCUT2D eigenvalue weighted by Gasteiger charge is -2.13. The number of hydrogen-bond acceptors (Lipinski definition) is 2. The van der Waals surface area contributed by atoms with E-state index in [4.69, 9.17) is 0 Å². The van der Waals surface area contributed by atoms with Crippen molar-refractivity contribution in [1.29, 1.82) is 0 Å². The average Bonchev–Trinajstić information content (AvgIpc) is 2.50. The Labute approximate surface area is 132 Å². The molecule has 4 N–H and O–H groups in total. The molecule has 0 bridgehead atoms. The fourth-order valence-electron chi connectivity index (χ4n) is 1.79. The quantitative estimate of drug-likeness (QED) is 0.554. The van der Waals surface area contributed by atoms with E-state index in [0.717, 1.165) is 25.7 Å². The maximum Gasteiger partial charge on any atom is 0.319 e. The monoisotopic (exact) mass is 306 g/mol. The van der Waals surface area contributed by atoms with E-state index < -0.39 is 0 Å². The molecular weight excluding hydrogens is 280 g/mol. The Balaban J connectivity index is 2.54. The minimum atomic E-state index is -0.269. The molecule has 0 aliphatic heterocycles. The number of para-hydroxylation sites is 2. The lowest BCUT2D eigenvalue weighted by molar-refractivity contribution is 0.250. The SMILES string of the molecule is CCCCNC(=O)Nc1ccccc1NC(=O)NCCCC. The summed E-state index contributed by atoms with van der Waals surface area (Å²) in [6.45, 7) is 5.40. The number of hydrogen-bond donors (Lipinski definition) is 4. The average molecular weight is 306 g/mol. The highest BCUT2D eigenvalue weighted by atomic mass is 16.2. The van der Waals surface area contributed by atoms with Crippen LogP contribution < -0.4 is 21.3 Å². The Bertz CT molecular complexity index is 434. The van der Waals surface area contributed by atoms with Gasteiger partial charge in [-0.1, -0.05) is 38.8 Å². The summed E-state index contributed by atoms with van der Waals surface area (Å²) in [5.74, 6) is 0. The maximum atomic E-state index is 11.8. The van der Waals surface area contributed by atoms with Crippen molar-refractivity contribution in [3.63, 3.8) is 0 Å². The standard InChI is InChI=1S/C16H26N4O2/c1-3-5-11-17-15(21)19-13-9-7-8-10-14(13)20-16(22)18-12-6-4-2/h7-10H,3-6,11-12H2,1-2H3,(H2,17,19,21)(H2,18,20,22). The number of nitrogens with one attached hydrogen (secondary N) is 4. The van der Waals surface area contributed by atoms with Crippen LogP contribution in [0.15, 0.2) is 24.3 Å². The van der Waals surface area contributed by atoms with Gasteiger partial charge in [-0.3, -0.25) is 0 Å². The molecule has 122 valence electrons. The topological polar surface area (TPSA) is 82.3 Å². The molecule has 0 aliphatic carbocycles. The summed E-state index contributed by atoms with van der Waals surface area (Å²) >= 11 is 0. The molecule has 0 saturated heterocycles. The van der Waals surface area contributed by atoms with Crippen molar-refractivity contribution in [2.75, 3.05) is 23.7 Å². The van der Waals surface area contributed by atoms with Crippen LogP contribution >= 0.6 is 0 Å². The van der Waals surface area contributed by atoms with Gasteiger partial charge in [0.25, 0.3) is 0 Å². The van der Waals surface area contributed by atoms with Crippen molar-refractivity contribution < 1.29 is 9.59 Å². The van der Waals surface area contributed by atoms with Gasteiger partial charge < -0.3 is 21.3 Å². The van der Waals surface area contributed by atoms with Gasteiger partial charge in [0.1, 0.15) is 0 Å². The maximum absolute atomic E-state index is 11.8. The number of carbonyl (C=O) groups excluding carboxylic acids is 2. The van der Waals surface area contributed by atoms with Crippen LogP contribution in [0.1, 0.15) is 39.5 Å². The van der Waals surface area contributed by atoms with Gasteiger partial charge >= 0.3 is 12.1 Å². The van der Waals surface area contributed by atoms with E-state index in [1.807, 2.05) is 12.1 Å². The van der Waals surface area contributed by atoms with Gasteiger partial charge in [-0.15, -0.1) is 0 Å². The number of anilines is 2. The second-order valence-corrected chi connectivity index (χ2v) is 5.01. The van der Waals surface area contributed by atoms with E-state index in [9.17, 15) is 9.59 Å². The Kier molecular flexibility index (Phi) is 8.49. The number of rotatable bonds is 8. The van der Waals surface area contributed by atoms with Crippen LogP contribution in [0, 0.1) is 0 Å². The van der Waals surface area contributed by atoms with Crippen molar-refractivity contribution in [1.82, 2.24) is 10.6 Å². The smallest absolute Gasteiger partial charge is 0.319 e. The first kappa shape index (κ1) is 17.8. The first-order valence-corrected chi connectivity index (χ1v) is 7.86. The number of benzene rings is 1. The first-order chi connectivity index (χ1) is 10.7. The third-order valence-corrected chi connectivity index (χ3v) is 3.06. The van der Waals surface area contributed by atoms with Gasteiger partial charge in [-0.25, -0.2) is 9.59 Å². The molecule has 0 aromatic heterocycles. The molecule has 0 heterocycles. The molecule has 1 rings (SSSR count). The third-order valence-electron chi connectivity index (χ3n) is 3.06. The largest absolute Gasteiger partial charge is 0.338 e. The highest BCUT2D eigenvalue weighted by molar-refractivity contribution is 5.98. The first-order valence-electron chi connectivity index (χ1n) is 7.86. The van der Waals surface area contributed by atoms with E-state index in [0.29, 0.717) is 24.5 Å². The minimum absolute atomic E-state index is 0.269. The number of urea groups is 2. The molecule has 6 nitrogen and oxygen atoms in total. The highest BCUT2D eigenvalue weighted by Gasteiger charge is 2.08. The summed E-state index contributed by atoms with van der Waals surface area (Å²) in [4.78, 5) is 23.6. The second kappa shape index (κ2) is 10.5. The molecule has 0 fully saturated rings. The van der Waals surface area contributed by atoms with Crippen LogP contribution in [0.25, 0.3) is 0 Å². The summed E-state index contributed by atoms with van der Waals surface area (Å²) in [5, 5.41) is 11.1. The third kappa shape index (κ3) is 6.97. The molecule has 4 amide bonds. The van der Waals surface area contributed by atoms with Crippen LogP contribution in [0.2, 0.25) is 0 Å². The Morgan fingerprint density at radius 2 is 1.23 bits per heavy atom.